The molecule has 2 fully saturated rings. The van der Waals surface area contributed by atoms with Gasteiger partial charge in [0.15, 0.2) is 0 Å². The van der Waals surface area contributed by atoms with E-state index in [2.05, 4.69) is 10.3 Å². The van der Waals surface area contributed by atoms with Crippen LogP contribution in [0.15, 0.2) is 36.0 Å². The van der Waals surface area contributed by atoms with Crippen molar-refractivity contribution in [1.29, 1.82) is 0 Å². The Balaban J connectivity index is 1.40. The molecule has 2 amide bonds. The SMILES string of the molecule is Cc1ccsc1C(=O)N1CC[C@]2(C[C@@H]2C(=O)Nc2cccnc2)C1. The molecule has 1 saturated carbocycles. The van der Waals surface area contributed by atoms with Gasteiger partial charge in [-0.15, -0.1) is 11.3 Å². The monoisotopic (exact) mass is 341 g/mol. The molecule has 5 nitrogen and oxygen atoms in total. The zero-order chi connectivity index (χ0) is 16.7. The Labute approximate surface area is 144 Å². The summed E-state index contributed by atoms with van der Waals surface area (Å²) in [5.41, 5.74) is 1.74. The molecule has 1 N–H and O–H groups in total. The van der Waals surface area contributed by atoms with E-state index in [-0.39, 0.29) is 23.1 Å². The van der Waals surface area contributed by atoms with Crippen LogP contribution >= 0.6 is 11.3 Å². The van der Waals surface area contributed by atoms with Crippen molar-refractivity contribution in [2.75, 3.05) is 18.4 Å². The van der Waals surface area contributed by atoms with E-state index in [1.807, 2.05) is 29.3 Å². The lowest BCUT2D eigenvalue weighted by atomic mass is 10.0. The molecule has 1 saturated heterocycles. The number of aromatic nitrogens is 1. The van der Waals surface area contributed by atoms with Crippen molar-refractivity contribution in [1.82, 2.24) is 9.88 Å². The Kier molecular flexibility index (Phi) is 3.64. The van der Waals surface area contributed by atoms with Crippen molar-refractivity contribution in [3.05, 3.63) is 46.4 Å². The maximum atomic E-state index is 12.6. The lowest BCUT2D eigenvalue weighted by molar-refractivity contribution is -0.118. The van der Waals surface area contributed by atoms with Crippen molar-refractivity contribution >= 4 is 28.8 Å². The van der Waals surface area contributed by atoms with Gasteiger partial charge in [0.2, 0.25) is 5.91 Å². The Bertz CT molecular complexity index is 789. The molecule has 2 aromatic heterocycles. The maximum Gasteiger partial charge on any atom is 0.264 e. The minimum absolute atomic E-state index is 0.0000567. The average Bonchev–Trinajstić information content (AvgIpc) is 2.89. The lowest BCUT2D eigenvalue weighted by Crippen LogP contribution is -2.29. The number of carbonyl (C=O) groups is 2. The summed E-state index contributed by atoms with van der Waals surface area (Å²) in [5.74, 6) is 0.155. The summed E-state index contributed by atoms with van der Waals surface area (Å²) in [6.45, 7) is 3.40. The fraction of sp³-hybridized carbons (Fsp3) is 0.389. The molecule has 2 atom stereocenters. The van der Waals surface area contributed by atoms with Crippen molar-refractivity contribution in [3.63, 3.8) is 0 Å². The number of carbonyl (C=O) groups excluding carboxylic acids is 2. The average molecular weight is 341 g/mol. The first kappa shape index (κ1) is 15.3. The van der Waals surface area contributed by atoms with Gasteiger partial charge in [0, 0.05) is 30.6 Å². The quantitative estimate of drug-likeness (QED) is 0.934. The molecule has 1 aliphatic carbocycles. The highest BCUT2D eigenvalue weighted by molar-refractivity contribution is 7.12. The molecular formula is C18H19N3O2S. The summed E-state index contributed by atoms with van der Waals surface area (Å²) in [6, 6.07) is 5.62. The van der Waals surface area contributed by atoms with Gasteiger partial charge in [-0.2, -0.15) is 0 Å². The Morgan fingerprint density at radius 3 is 3.00 bits per heavy atom. The van der Waals surface area contributed by atoms with E-state index < -0.39 is 0 Å². The number of amides is 2. The van der Waals surface area contributed by atoms with Gasteiger partial charge in [-0.1, -0.05) is 0 Å². The maximum absolute atomic E-state index is 12.6. The fourth-order valence-electron chi connectivity index (χ4n) is 3.64. The summed E-state index contributed by atoms with van der Waals surface area (Å²) >= 11 is 1.50. The van der Waals surface area contributed by atoms with Crippen LogP contribution in [0.2, 0.25) is 0 Å². The van der Waals surface area contributed by atoms with Gasteiger partial charge in [0.05, 0.1) is 16.8 Å². The van der Waals surface area contributed by atoms with E-state index in [0.717, 1.165) is 35.5 Å². The summed E-state index contributed by atoms with van der Waals surface area (Å²) in [5, 5.41) is 4.89. The highest BCUT2D eigenvalue weighted by Gasteiger charge is 2.61. The summed E-state index contributed by atoms with van der Waals surface area (Å²) in [6.07, 6.45) is 5.11. The molecule has 1 spiro atoms. The molecule has 4 rings (SSSR count). The van der Waals surface area contributed by atoms with Gasteiger partial charge < -0.3 is 10.2 Å². The number of pyridine rings is 1. The number of rotatable bonds is 3. The summed E-state index contributed by atoms with van der Waals surface area (Å²) in [7, 11) is 0. The van der Waals surface area contributed by atoms with Gasteiger partial charge in [0.1, 0.15) is 0 Å². The molecular weight excluding hydrogens is 322 g/mol. The van der Waals surface area contributed by atoms with Crippen LogP contribution in [0.1, 0.15) is 28.1 Å². The first-order valence-corrected chi connectivity index (χ1v) is 9.01. The van der Waals surface area contributed by atoms with Gasteiger partial charge in [-0.3, -0.25) is 14.6 Å². The lowest BCUT2D eigenvalue weighted by Gasteiger charge is -2.16. The molecule has 2 aromatic rings. The number of nitrogens with zero attached hydrogens (tertiary/aromatic N) is 2. The molecule has 24 heavy (non-hydrogen) atoms. The molecule has 6 heteroatoms. The predicted octanol–water partition coefficient (Wildman–Crippen LogP) is 2.94. The molecule has 0 radical (unpaired) electrons. The van der Waals surface area contributed by atoms with E-state index in [9.17, 15) is 9.59 Å². The molecule has 0 unspecified atom stereocenters. The van der Waals surface area contributed by atoms with Crippen molar-refractivity contribution in [2.24, 2.45) is 11.3 Å². The number of nitrogens with one attached hydrogen (secondary N) is 1. The minimum Gasteiger partial charge on any atom is -0.337 e. The van der Waals surface area contributed by atoms with E-state index in [4.69, 9.17) is 0 Å². The number of aryl methyl sites for hydroxylation is 1. The standard InChI is InChI=1S/C18H19N3O2S/c1-12-4-8-24-15(12)17(23)21-7-5-18(11-21)9-14(18)16(22)20-13-3-2-6-19-10-13/h2-4,6,8,10,14H,5,7,9,11H2,1H3,(H,20,22)/t14-,18+/m1/s1. The van der Waals surface area contributed by atoms with Gasteiger partial charge in [0.25, 0.3) is 5.91 Å². The number of likely N-dealkylation sites (tertiary alicyclic amines) is 1. The van der Waals surface area contributed by atoms with Crippen LogP contribution in [0, 0.1) is 18.3 Å². The summed E-state index contributed by atoms with van der Waals surface area (Å²) in [4.78, 5) is 31.8. The van der Waals surface area contributed by atoms with E-state index in [0.29, 0.717) is 6.54 Å². The van der Waals surface area contributed by atoms with Crippen LogP contribution in [0.4, 0.5) is 5.69 Å². The zero-order valence-corrected chi connectivity index (χ0v) is 14.3. The second kappa shape index (κ2) is 5.70. The van der Waals surface area contributed by atoms with Crippen LogP contribution in [0.5, 0.6) is 0 Å². The Morgan fingerprint density at radius 1 is 1.42 bits per heavy atom. The number of hydrogen-bond donors (Lipinski definition) is 1. The molecule has 3 heterocycles. The van der Waals surface area contributed by atoms with Crippen LogP contribution in [-0.4, -0.2) is 34.8 Å². The first-order valence-electron chi connectivity index (χ1n) is 8.13. The highest BCUT2D eigenvalue weighted by atomic mass is 32.1. The third kappa shape index (κ3) is 2.60. The Hall–Kier alpha value is -2.21. The molecule has 0 bridgehead atoms. The smallest absolute Gasteiger partial charge is 0.264 e. The first-order chi connectivity index (χ1) is 11.6. The van der Waals surface area contributed by atoms with Gasteiger partial charge in [-0.05, 0) is 48.9 Å². The van der Waals surface area contributed by atoms with E-state index in [1.54, 1.807) is 18.5 Å². The zero-order valence-electron chi connectivity index (χ0n) is 13.5. The van der Waals surface area contributed by atoms with Crippen LogP contribution in [0.3, 0.4) is 0 Å². The van der Waals surface area contributed by atoms with Crippen LogP contribution in [0.25, 0.3) is 0 Å². The number of thiophene rings is 1. The third-order valence-electron chi connectivity index (χ3n) is 5.16. The number of hydrogen-bond acceptors (Lipinski definition) is 4. The highest BCUT2D eigenvalue weighted by Crippen LogP contribution is 2.59. The molecule has 2 aliphatic rings. The van der Waals surface area contributed by atoms with Crippen LogP contribution < -0.4 is 5.32 Å². The summed E-state index contributed by atoms with van der Waals surface area (Å²) < 4.78 is 0. The van der Waals surface area contributed by atoms with E-state index in [1.165, 1.54) is 11.3 Å². The van der Waals surface area contributed by atoms with Gasteiger partial charge in [-0.25, -0.2) is 0 Å². The second-order valence-corrected chi connectivity index (χ2v) is 7.68. The minimum atomic E-state index is -0.0207. The number of anilines is 1. The predicted molar refractivity (Wildman–Crippen MR) is 93.0 cm³/mol. The molecule has 1 aliphatic heterocycles. The van der Waals surface area contributed by atoms with Crippen LogP contribution in [-0.2, 0) is 4.79 Å². The fourth-order valence-corrected chi connectivity index (χ4v) is 4.53. The normalized spacial score (nSPS) is 25.0. The topological polar surface area (TPSA) is 62.3 Å². The molecule has 124 valence electrons. The third-order valence-corrected chi connectivity index (χ3v) is 6.17. The van der Waals surface area contributed by atoms with E-state index >= 15 is 0 Å². The largest absolute Gasteiger partial charge is 0.337 e. The second-order valence-electron chi connectivity index (χ2n) is 6.76. The van der Waals surface area contributed by atoms with Crippen molar-refractivity contribution in [3.8, 4) is 0 Å². The van der Waals surface area contributed by atoms with Gasteiger partial charge >= 0.3 is 0 Å². The van der Waals surface area contributed by atoms with Crippen molar-refractivity contribution < 1.29 is 9.59 Å². The Morgan fingerprint density at radius 2 is 2.29 bits per heavy atom. The van der Waals surface area contributed by atoms with Crippen molar-refractivity contribution in [2.45, 2.75) is 19.8 Å². The molecule has 0 aromatic carbocycles.